The number of hydrogen-bond donors (Lipinski definition) is 0. The Morgan fingerprint density at radius 3 is 2.29 bits per heavy atom. The number of allylic oxidation sites excluding steroid dienone is 1. The molecule has 114 valence electrons. The highest BCUT2D eigenvalue weighted by Crippen LogP contribution is 2.32. The number of ether oxygens (including phenoxy) is 1. The summed E-state index contributed by atoms with van der Waals surface area (Å²) in [5.41, 5.74) is 0.534. The molecular formula is C18H24O3. The summed E-state index contributed by atoms with van der Waals surface area (Å²) in [6.45, 7) is 11.1. The van der Waals surface area contributed by atoms with Gasteiger partial charge in [-0.05, 0) is 31.2 Å². The fourth-order valence-electron chi connectivity index (χ4n) is 2.10. The molecule has 3 heteroatoms. The van der Waals surface area contributed by atoms with Crippen molar-refractivity contribution < 1.29 is 14.3 Å². The molecule has 0 unspecified atom stereocenters. The van der Waals surface area contributed by atoms with E-state index in [4.69, 9.17) is 4.74 Å². The maximum Gasteiger partial charge on any atom is 0.375 e. The first-order valence-corrected chi connectivity index (χ1v) is 7.20. The van der Waals surface area contributed by atoms with Crippen LogP contribution < -0.4 is 0 Å². The van der Waals surface area contributed by atoms with Gasteiger partial charge in [0.15, 0.2) is 0 Å². The minimum Gasteiger partial charge on any atom is -0.457 e. The Balaban J connectivity index is 3.00. The lowest BCUT2D eigenvalue weighted by atomic mass is 9.73. The van der Waals surface area contributed by atoms with Crippen LogP contribution in [0, 0.1) is 11.3 Å². The van der Waals surface area contributed by atoms with E-state index in [9.17, 15) is 9.59 Å². The second-order valence-electron chi connectivity index (χ2n) is 6.09. The normalized spacial score (nSPS) is 12.8. The third-order valence-electron chi connectivity index (χ3n) is 3.57. The molecule has 0 bridgehead atoms. The zero-order valence-electron chi connectivity index (χ0n) is 13.3. The molecule has 0 aromatic heterocycles. The van der Waals surface area contributed by atoms with Crippen molar-refractivity contribution in [1.29, 1.82) is 0 Å². The van der Waals surface area contributed by atoms with Crippen molar-refractivity contribution in [3.8, 4) is 0 Å². The lowest BCUT2D eigenvalue weighted by molar-refractivity contribution is -0.159. The standard InChI is InChI=1S/C18H24O3/c1-6-18(4,5)15(12-14-10-8-7-9-11-14)16(19)17(20)21-13(2)3/h6-11,13,15H,1,12H2,2-5H3/t15-/m0/s1. The highest BCUT2D eigenvalue weighted by Gasteiger charge is 2.37. The van der Waals surface area contributed by atoms with Crippen molar-refractivity contribution in [3.63, 3.8) is 0 Å². The van der Waals surface area contributed by atoms with Crippen molar-refractivity contribution in [2.24, 2.45) is 11.3 Å². The van der Waals surface area contributed by atoms with Gasteiger partial charge in [0.1, 0.15) is 0 Å². The van der Waals surface area contributed by atoms with Gasteiger partial charge in [-0.2, -0.15) is 0 Å². The smallest absolute Gasteiger partial charge is 0.375 e. The molecule has 0 spiro atoms. The fraction of sp³-hybridized carbons (Fsp3) is 0.444. The minimum atomic E-state index is -0.763. The molecule has 1 aromatic carbocycles. The Hall–Kier alpha value is -1.90. The Morgan fingerprint density at radius 2 is 1.81 bits per heavy atom. The molecule has 0 heterocycles. The summed E-state index contributed by atoms with van der Waals surface area (Å²) in [4.78, 5) is 24.4. The van der Waals surface area contributed by atoms with Gasteiger partial charge < -0.3 is 4.74 Å². The second-order valence-corrected chi connectivity index (χ2v) is 6.09. The zero-order chi connectivity index (χ0) is 16.0. The first-order chi connectivity index (χ1) is 9.77. The zero-order valence-corrected chi connectivity index (χ0v) is 13.3. The van der Waals surface area contributed by atoms with Gasteiger partial charge >= 0.3 is 5.97 Å². The van der Waals surface area contributed by atoms with Gasteiger partial charge in [0.25, 0.3) is 0 Å². The van der Waals surface area contributed by atoms with Crippen LogP contribution in [0.3, 0.4) is 0 Å². The van der Waals surface area contributed by atoms with E-state index in [1.165, 1.54) is 0 Å². The monoisotopic (exact) mass is 288 g/mol. The van der Waals surface area contributed by atoms with E-state index in [1.807, 2.05) is 44.2 Å². The summed E-state index contributed by atoms with van der Waals surface area (Å²) in [6.07, 6.45) is 1.92. The Morgan fingerprint density at radius 1 is 1.24 bits per heavy atom. The predicted molar refractivity (Wildman–Crippen MR) is 83.8 cm³/mol. The van der Waals surface area contributed by atoms with E-state index in [1.54, 1.807) is 19.9 Å². The van der Waals surface area contributed by atoms with Gasteiger partial charge in [0.05, 0.1) is 6.10 Å². The van der Waals surface area contributed by atoms with E-state index in [-0.39, 0.29) is 6.10 Å². The average molecular weight is 288 g/mol. The van der Waals surface area contributed by atoms with E-state index in [0.717, 1.165) is 5.56 Å². The summed E-state index contributed by atoms with van der Waals surface area (Å²) >= 11 is 0. The number of ketones is 1. The first kappa shape index (κ1) is 17.2. The van der Waals surface area contributed by atoms with E-state index in [0.29, 0.717) is 6.42 Å². The SMILES string of the molecule is C=CC(C)(C)[C@@H](Cc1ccccc1)C(=O)C(=O)OC(C)C. The third-order valence-corrected chi connectivity index (χ3v) is 3.57. The van der Waals surface area contributed by atoms with Crippen molar-refractivity contribution in [2.75, 3.05) is 0 Å². The quantitative estimate of drug-likeness (QED) is 0.437. The van der Waals surface area contributed by atoms with Crippen LogP contribution in [-0.4, -0.2) is 17.9 Å². The number of hydrogen-bond acceptors (Lipinski definition) is 3. The summed E-state index contributed by atoms with van der Waals surface area (Å²) < 4.78 is 5.05. The lowest BCUT2D eigenvalue weighted by Gasteiger charge is -2.30. The van der Waals surface area contributed by atoms with Gasteiger partial charge in [0, 0.05) is 5.92 Å². The van der Waals surface area contributed by atoms with Crippen LogP contribution in [-0.2, 0) is 20.7 Å². The average Bonchev–Trinajstić information content (AvgIpc) is 2.44. The number of benzene rings is 1. The van der Waals surface area contributed by atoms with Crippen LogP contribution in [0.4, 0.5) is 0 Å². The molecule has 1 aromatic rings. The summed E-state index contributed by atoms with van der Waals surface area (Å²) in [6, 6.07) is 9.67. The van der Waals surface area contributed by atoms with E-state index >= 15 is 0 Å². The highest BCUT2D eigenvalue weighted by molar-refractivity contribution is 6.34. The summed E-state index contributed by atoms with van der Waals surface area (Å²) in [5.74, 6) is -1.73. The number of carbonyl (C=O) groups excluding carboxylic acids is 2. The Labute approximate surface area is 127 Å². The van der Waals surface area contributed by atoms with E-state index in [2.05, 4.69) is 6.58 Å². The third kappa shape index (κ3) is 4.85. The van der Waals surface area contributed by atoms with Gasteiger partial charge in [0.2, 0.25) is 5.78 Å². The lowest BCUT2D eigenvalue weighted by Crippen LogP contribution is -2.37. The maximum atomic E-state index is 12.5. The second kappa shape index (κ2) is 7.21. The predicted octanol–water partition coefficient (Wildman–Crippen LogP) is 3.58. The number of Topliss-reactive ketones (excluding diaryl/α,β-unsaturated/α-hetero) is 1. The Bertz CT molecular complexity index is 500. The molecule has 0 saturated carbocycles. The van der Waals surface area contributed by atoms with Crippen LogP contribution in [0.5, 0.6) is 0 Å². The number of esters is 1. The molecule has 3 nitrogen and oxygen atoms in total. The molecule has 0 radical (unpaired) electrons. The molecule has 0 aliphatic carbocycles. The molecule has 0 aliphatic heterocycles. The van der Waals surface area contributed by atoms with Crippen molar-refractivity contribution in [1.82, 2.24) is 0 Å². The van der Waals surface area contributed by atoms with Crippen LogP contribution in [0.15, 0.2) is 43.0 Å². The maximum absolute atomic E-state index is 12.5. The molecule has 0 N–H and O–H groups in total. The molecule has 1 rings (SSSR count). The van der Waals surface area contributed by atoms with Gasteiger partial charge in [-0.3, -0.25) is 4.79 Å². The fourth-order valence-corrected chi connectivity index (χ4v) is 2.10. The van der Waals surface area contributed by atoms with Gasteiger partial charge in [-0.1, -0.05) is 50.3 Å². The molecule has 0 saturated heterocycles. The molecule has 1 atom stereocenters. The molecule has 0 amide bonds. The molecule has 0 aliphatic rings. The van der Waals surface area contributed by atoms with Crippen LogP contribution in [0.1, 0.15) is 33.3 Å². The molecule has 21 heavy (non-hydrogen) atoms. The van der Waals surface area contributed by atoms with Crippen molar-refractivity contribution in [3.05, 3.63) is 48.6 Å². The Kier molecular flexibility index (Phi) is 5.89. The van der Waals surface area contributed by atoms with Crippen LogP contribution in [0.2, 0.25) is 0 Å². The molecular weight excluding hydrogens is 264 g/mol. The van der Waals surface area contributed by atoms with Crippen LogP contribution >= 0.6 is 0 Å². The molecule has 0 fully saturated rings. The van der Waals surface area contributed by atoms with Gasteiger partial charge in [-0.25, -0.2) is 4.79 Å². The summed E-state index contributed by atoms with van der Waals surface area (Å²) in [5, 5.41) is 0. The van der Waals surface area contributed by atoms with Crippen molar-refractivity contribution in [2.45, 2.75) is 40.2 Å². The highest BCUT2D eigenvalue weighted by atomic mass is 16.5. The topological polar surface area (TPSA) is 43.4 Å². The number of carbonyl (C=O) groups is 2. The van der Waals surface area contributed by atoms with Gasteiger partial charge in [-0.15, -0.1) is 6.58 Å². The summed E-state index contributed by atoms with van der Waals surface area (Å²) in [7, 11) is 0. The number of rotatable bonds is 7. The van der Waals surface area contributed by atoms with Crippen molar-refractivity contribution >= 4 is 11.8 Å². The minimum absolute atomic E-state index is 0.300. The first-order valence-electron chi connectivity index (χ1n) is 7.20. The largest absolute Gasteiger partial charge is 0.457 e. The van der Waals surface area contributed by atoms with Crippen LogP contribution in [0.25, 0.3) is 0 Å². The van der Waals surface area contributed by atoms with E-state index < -0.39 is 23.1 Å².